The van der Waals surface area contributed by atoms with E-state index in [9.17, 15) is 0 Å². The molecule has 4 heterocycles. The fourth-order valence-corrected chi connectivity index (χ4v) is 3.31. The summed E-state index contributed by atoms with van der Waals surface area (Å²) in [4.78, 5) is 11.1. The van der Waals surface area contributed by atoms with E-state index in [1.807, 2.05) is 22.3 Å². The molecule has 1 aliphatic heterocycles. The van der Waals surface area contributed by atoms with Gasteiger partial charge in [-0.3, -0.25) is 4.68 Å². The Balaban J connectivity index is 1.54. The SMILES string of the molecule is Cc1nc2ncnn2c(N2CCC(Cn3ccnn3)CC2)c1C. The number of piperidine rings is 1. The number of aryl methyl sites for hydroxylation is 1. The first-order valence-corrected chi connectivity index (χ1v) is 7.98. The van der Waals surface area contributed by atoms with Crippen molar-refractivity contribution in [2.75, 3.05) is 18.0 Å². The van der Waals surface area contributed by atoms with Crippen molar-refractivity contribution in [1.82, 2.24) is 34.6 Å². The number of anilines is 1. The number of fused-ring (bicyclic) bond motifs is 1. The fourth-order valence-electron chi connectivity index (χ4n) is 3.31. The lowest BCUT2D eigenvalue weighted by Crippen LogP contribution is -2.37. The smallest absolute Gasteiger partial charge is 0.254 e. The molecule has 1 aliphatic rings. The second kappa shape index (κ2) is 5.60. The molecule has 0 saturated carbocycles. The predicted molar refractivity (Wildman–Crippen MR) is 85.2 cm³/mol. The van der Waals surface area contributed by atoms with Crippen LogP contribution < -0.4 is 4.90 Å². The van der Waals surface area contributed by atoms with Crippen molar-refractivity contribution >= 4 is 11.6 Å². The third-order valence-electron chi connectivity index (χ3n) is 4.71. The molecule has 4 rings (SSSR count). The molecule has 0 aromatic carbocycles. The molecule has 0 atom stereocenters. The van der Waals surface area contributed by atoms with E-state index in [2.05, 4.69) is 37.2 Å². The van der Waals surface area contributed by atoms with Crippen LogP contribution in [0.1, 0.15) is 24.1 Å². The highest BCUT2D eigenvalue weighted by molar-refractivity contribution is 5.54. The van der Waals surface area contributed by atoms with Crippen LogP contribution in [0, 0.1) is 19.8 Å². The molecule has 0 bridgehead atoms. The van der Waals surface area contributed by atoms with Crippen molar-refractivity contribution < 1.29 is 0 Å². The Labute approximate surface area is 134 Å². The zero-order valence-corrected chi connectivity index (χ0v) is 13.4. The molecule has 0 amide bonds. The van der Waals surface area contributed by atoms with E-state index in [4.69, 9.17) is 0 Å². The second-order valence-corrected chi connectivity index (χ2v) is 6.17. The van der Waals surface area contributed by atoms with Gasteiger partial charge in [-0.05, 0) is 32.6 Å². The highest BCUT2D eigenvalue weighted by atomic mass is 15.4. The molecule has 120 valence electrons. The zero-order chi connectivity index (χ0) is 15.8. The van der Waals surface area contributed by atoms with Crippen LogP contribution in [-0.4, -0.2) is 47.7 Å². The lowest BCUT2D eigenvalue weighted by molar-refractivity contribution is 0.337. The van der Waals surface area contributed by atoms with Gasteiger partial charge in [0.05, 0.1) is 6.20 Å². The van der Waals surface area contributed by atoms with E-state index < -0.39 is 0 Å². The first-order valence-electron chi connectivity index (χ1n) is 7.98. The Hall–Kier alpha value is -2.51. The topological polar surface area (TPSA) is 77.0 Å². The van der Waals surface area contributed by atoms with Crippen molar-refractivity contribution in [2.45, 2.75) is 33.2 Å². The monoisotopic (exact) mass is 312 g/mol. The van der Waals surface area contributed by atoms with Gasteiger partial charge in [-0.25, -0.2) is 4.98 Å². The second-order valence-electron chi connectivity index (χ2n) is 6.17. The summed E-state index contributed by atoms with van der Waals surface area (Å²) < 4.78 is 3.79. The Morgan fingerprint density at radius 1 is 1.22 bits per heavy atom. The van der Waals surface area contributed by atoms with Crippen molar-refractivity contribution in [3.63, 3.8) is 0 Å². The highest BCUT2D eigenvalue weighted by Gasteiger charge is 2.24. The third kappa shape index (κ3) is 2.54. The first-order chi connectivity index (χ1) is 11.2. The predicted octanol–water partition coefficient (Wildman–Crippen LogP) is 1.25. The summed E-state index contributed by atoms with van der Waals surface area (Å²) in [6.07, 6.45) is 7.51. The van der Waals surface area contributed by atoms with Crippen LogP contribution in [0.15, 0.2) is 18.7 Å². The fraction of sp³-hybridized carbons (Fsp3) is 0.533. The first kappa shape index (κ1) is 14.1. The Bertz CT molecular complexity index is 798. The highest BCUT2D eigenvalue weighted by Crippen LogP contribution is 2.27. The normalized spacial score (nSPS) is 16.3. The van der Waals surface area contributed by atoms with Gasteiger partial charge in [0.25, 0.3) is 5.78 Å². The van der Waals surface area contributed by atoms with Gasteiger partial charge in [-0.1, -0.05) is 5.21 Å². The van der Waals surface area contributed by atoms with Crippen molar-refractivity contribution in [2.24, 2.45) is 5.92 Å². The van der Waals surface area contributed by atoms with Crippen LogP contribution in [0.2, 0.25) is 0 Å². The minimum atomic E-state index is 0.641. The van der Waals surface area contributed by atoms with E-state index in [1.165, 1.54) is 5.56 Å². The minimum Gasteiger partial charge on any atom is -0.356 e. The molecule has 0 aliphatic carbocycles. The van der Waals surface area contributed by atoms with Gasteiger partial charge in [0.1, 0.15) is 12.1 Å². The molecule has 8 nitrogen and oxygen atoms in total. The lowest BCUT2D eigenvalue weighted by Gasteiger charge is -2.34. The summed E-state index contributed by atoms with van der Waals surface area (Å²) in [6.45, 7) is 7.11. The molecule has 0 N–H and O–H groups in total. The molecule has 3 aromatic heterocycles. The summed E-state index contributed by atoms with van der Waals surface area (Å²) in [5.74, 6) is 2.44. The van der Waals surface area contributed by atoms with Gasteiger partial charge in [0.15, 0.2) is 0 Å². The van der Waals surface area contributed by atoms with E-state index in [1.54, 1.807) is 12.5 Å². The van der Waals surface area contributed by atoms with E-state index in [-0.39, 0.29) is 0 Å². The number of aromatic nitrogens is 7. The molecule has 3 aromatic rings. The van der Waals surface area contributed by atoms with Crippen LogP contribution in [-0.2, 0) is 6.54 Å². The van der Waals surface area contributed by atoms with Gasteiger partial charge < -0.3 is 4.90 Å². The van der Waals surface area contributed by atoms with Crippen LogP contribution in [0.5, 0.6) is 0 Å². The maximum absolute atomic E-state index is 4.50. The maximum atomic E-state index is 4.50. The van der Waals surface area contributed by atoms with Gasteiger partial charge in [0, 0.05) is 37.1 Å². The summed E-state index contributed by atoms with van der Waals surface area (Å²) in [5, 5.41) is 12.3. The van der Waals surface area contributed by atoms with Crippen LogP contribution in [0.3, 0.4) is 0 Å². The quantitative estimate of drug-likeness (QED) is 0.724. The summed E-state index contributed by atoms with van der Waals surface area (Å²) in [6, 6.07) is 0. The van der Waals surface area contributed by atoms with Gasteiger partial charge in [-0.2, -0.15) is 14.6 Å². The Morgan fingerprint density at radius 3 is 2.78 bits per heavy atom. The molecular weight excluding hydrogens is 292 g/mol. The average Bonchev–Trinajstić information content (AvgIpc) is 3.21. The van der Waals surface area contributed by atoms with Crippen LogP contribution in [0.4, 0.5) is 5.82 Å². The molecule has 0 radical (unpaired) electrons. The van der Waals surface area contributed by atoms with E-state index in [0.29, 0.717) is 11.7 Å². The van der Waals surface area contributed by atoms with Gasteiger partial charge in [-0.15, -0.1) is 5.10 Å². The summed E-state index contributed by atoms with van der Waals surface area (Å²) in [7, 11) is 0. The van der Waals surface area contributed by atoms with E-state index in [0.717, 1.165) is 44.0 Å². The van der Waals surface area contributed by atoms with Gasteiger partial charge in [0.2, 0.25) is 0 Å². The molecular formula is C15H20N8. The molecule has 0 spiro atoms. The van der Waals surface area contributed by atoms with Crippen LogP contribution >= 0.6 is 0 Å². The summed E-state index contributed by atoms with van der Waals surface area (Å²) in [5.41, 5.74) is 2.20. The van der Waals surface area contributed by atoms with Crippen molar-refractivity contribution in [3.05, 3.63) is 30.0 Å². The lowest BCUT2D eigenvalue weighted by atomic mass is 9.96. The van der Waals surface area contributed by atoms with E-state index >= 15 is 0 Å². The largest absolute Gasteiger partial charge is 0.356 e. The van der Waals surface area contributed by atoms with Crippen molar-refractivity contribution in [1.29, 1.82) is 0 Å². The van der Waals surface area contributed by atoms with Gasteiger partial charge >= 0.3 is 0 Å². The average molecular weight is 312 g/mol. The third-order valence-corrected chi connectivity index (χ3v) is 4.71. The number of hydrogen-bond donors (Lipinski definition) is 0. The molecule has 8 heteroatoms. The Morgan fingerprint density at radius 2 is 2.04 bits per heavy atom. The summed E-state index contributed by atoms with van der Waals surface area (Å²) >= 11 is 0. The van der Waals surface area contributed by atoms with Crippen molar-refractivity contribution in [3.8, 4) is 0 Å². The molecule has 0 unspecified atom stereocenters. The molecule has 1 fully saturated rings. The number of nitrogens with zero attached hydrogens (tertiary/aromatic N) is 8. The zero-order valence-electron chi connectivity index (χ0n) is 13.4. The van der Waals surface area contributed by atoms with Crippen LogP contribution in [0.25, 0.3) is 5.78 Å². The minimum absolute atomic E-state index is 0.641. The number of hydrogen-bond acceptors (Lipinski definition) is 6. The maximum Gasteiger partial charge on any atom is 0.254 e. The molecule has 1 saturated heterocycles. The Kier molecular flexibility index (Phi) is 3.44. The molecule has 23 heavy (non-hydrogen) atoms. The standard InChI is InChI=1S/C15H20N8/c1-11-12(2)19-15-16-10-18-23(15)14(11)21-6-3-13(4-7-21)9-22-8-5-17-20-22/h5,8,10,13H,3-4,6-7,9H2,1-2H3. The number of rotatable bonds is 3.